The molecule has 0 bridgehead atoms. The predicted octanol–water partition coefficient (Wildman–Crippen LogP) is 2.15. The minimum atomic E-state index is 0.137. The van der Waals surface area contributed by atoms with Crippen molar-refractivity contribution in [2.75, 3.05) is 27.4 Å². The lowest BCUT2D eigenvalue weighted by atomic mass is 10.1. The van der Waals surface area contributed by atoms with E-state index in [1.54, 1.807) is 14.2 Å². The van der Waals surface area contributed by atoms with Crippen LogP contribution in [0.1, 0.15) is 25.3 Å². The fraction of sp³-hybridized carbons (Fsp3) is 0.625. The van der Waals surface area contributed by atoms with E-state index in [0.717, 1.165) is 24.8 Å². The molecule has 1 aromatic carbocycles. The van der Waals surface area contributed by atoms with Crippen LogP contribution in [0.15, 0.2) is 12.1 Å². The SMILES string of the molecule is COc1cc(CCN)cc(OC)c1OCC1CCC(C)O1. The van der Waals surface area contributed by atoms with Crippen LogP contribution in [0.5, 0.6) is 17.2 Å². The maximum Gasteiger partial charge on any atom is 0.203 e. The summed E-state index contributed by atoms with van der Waals surface area (Å²) in [5.41, 5.74) is 6.68. The van der Waals surface area contributed by atoms with Crippen molar-refractivity contribution in [2.24, 2.45) is 5.73 Å². The maximum atomic E-state index is 5.91. The standard InChI is InChI=1S/C16H25NO4/c1-11-4-5-13(21-11)10-20-16-14(18-2)8-12(6-7-17)9-15(16)19-3/h8-9,11,13H,4-7,10,17H2,1-3H3. The first-order valence-corrected chi connectivity index (χ1v) is 7.41. The predicted molar refractivity (Wildman–Crippen MR) is 81.4 cm³/mol. The second-order valence-corrected chi connectivity index (χ2v) is 5.33. The molecule has 2 rings (SSSR count). The molecular weight excluding hydrogens is 270 g/mol. The molecule has 1 aliphatic rings. The summed E-state index contributed by atoms with van der Waals surface area (Å²) >= 11 is 0. The van der Waals surface area contributed by atoms with Crippen molar-refractivity contribution in [3.63, 3.8) is 0 Å². The van der Waals surface area contributed by atoms with E-state index in [1.807, 2.05) is 12.1 Å². The molecule has 0 radical (unpaired) electrons. The molecule has 5 nitrogen and oxygen atoms in total. The van der Waals surface area contributed by atoms with Gasteiger partial charge in [-0.05, 0) is 50.4 Å². The van der Waals surface area contributed by atoms with Crippen LogP contribution in [0.2, 0.25) is 0 Å². The molecule has 118 valence electrons. The van der Waals surface area contributed by atoms with Gasteiger partial charge in [-0.3, -0.25) is 0 Å². The van der Waals surface area contributed by atoms with Crippen LogP contribution < -0.4 is 19.9 Å². The van der Waals surface area contributed by atoms with E-state index in [0.29, 0.717) is 36.5 Å². The molecule has 1 saturated heterocycles. The molecule has 1 aliphatic heterocycles. The van der Waals surface area contributed by atoms with E-state index >= 15 is 0 Å². The van der Waals surface area contributed by atoms with E-state index in [4.69, 9.17) is 24.7 Å². The van der Waals surface area contributed by atoms with Gasteiger partial charge in [0.25, 0.3) is 0 Å². The summed E-state index contributed by atoms with van der Waals surface area (Å²) in [6.07, 6.45) is 3.33. The van der Waals surface area contributed by atoms with Crippen LogP contribution >= 0.6 is 0 Å². The van der Waals surface area contributed by atoms with Crippen LogP contribution in [0.25, 0.3) is 0 Å². The van der Waals surface area contributed by atoms with Gasteiger partial charge in [0.05, 0.1) is 26.4 Å². The summed E-state index contributed by atoms with van der Waals surface area (Å²) in [6.45, 7) is 3.18. The van der Waals surface area contributed by atoms with Crippen molar-refractivity contribution in [3.8, 4) is 17.2 Å². The first-order chi connectivity index (χ1) is 10.2. The van der Waals surface area contributed by atoms with Crippen LogP contribution in [0.3, 0.4) is 0 Å². The number of benzene rings is 1. The van der Waals surface area contributed by atoms with E-state index in [1.165, 1.54) is 0 Å². The number of hydrogen-bond donors (Lipinski definition) is 1. The molecule has 2 unspecified atom stereocenters. The van der Waals surface area contributed by atoms with Crippen molar-refractivity contribution in [1.82, 2.24) is 0 Å². The molecule has 2 atom stereocenters. The van der Waals surface area contributed by atoms with Gasteiger partial charge in [-0.1, -0.05) is 0 Å². The molecule has 21 heavy (non-hydrogen) atoms. The quantitative estimate of drug-likeness (QED) is 0.835. The Labute approximate surface area is 126 Å². The molecule has 1 aromatic rings. The van der Waals surface area contributed by atoms with Gasteiger partial charge in [-0.2, -0.15) is 0 Å². The fourth-order valence-electron chi connectivity index (χ4n) is 2.57. The Morgan fingerprint density at radius 3 is 2.33 bits per heavy atom. The third kappa shape index (κ3) is 4.02. The highest BCUT2D eigenvalue weighted by atomic mass is 16.6. The van der Waals surface area contributed by atoms with Crippen LogP contribution in [-0.2, 0) is 11.2 Å². The number of rotatable bonds is 7. The lowest BCUT2D eigenvalue weighted by molar-refractivity contribution is 0.0253. The Balaban J connectivity index is 2.12. The molecule has 1 fully saturated rings. The van der Waals surface area contributed by atoms with Gasteiger partial charge >= 0.3 is 0 Å². The van der Waals surface area contributed by atoms with E-state index < -0.39 is 0 Å². The second kappa shape index (κ2) is 7.52. The van der Waals surface area contributed by atoms with Gasteiger partial charge in [-0.25, -0.2) is 0 Å². The van der Waals surface area contributed by atoms with Crippen molar-refractivity contribution >= 4 is 0 Å². The number of ether oxygens (including phenoxy) is 4. The average molecular weight is 295 g/mol. The van der Waals surface area contributed by atoms with Crippen LogP contribution in [-0.4, -0.2) is 39.6 Å². The van der Waals surface area contributed by atoms with Crippen molar-refractivity contribution < 1.29 is 18.9 Å². The van der Waals surface area contributed by atoms with Crippen LogP contribution in [0.4, 0.5) is 0 Å². The van der Waals surface area contributed by atoms with Gasteiger partial charge in [-0.15, -0.1) is 0 Å². The van der Waals surface area contributed by atoms with Crippen molar-refractivity contribution in [3.05, 3.63) is 17.7 Å². The van der Waals surface area contributed by atoms with Gasteiger partial charge in [0.15, 0.2) is 11.5 Å². The van der Waals surface area contributed by atoms with Gasteiger partial charge < -0.3 is 24.7 Å². The highest BCUT2D eigenvalue weighted by molar-refractivity contribution is 5.54. The molecular formula is C16H25NO4. The highest BCUT2D eigenvalue weighted by Gasteiger charge is 2.23. The lowest BCUT2D eigenvalue weighted by Crippen LogP contribution is -2.18. The Hall–Kier alpha value is -1.46. The summed E-state index contributed by atoms with van der Waals surface area (Å²) < 4.78 is 22.5. The molecule has 0 aliphatic carbocycles. The summed E-state index contributed by atoms with van der Waals surface area (Å²) in [5.74, 6) is 1.97. The van der Waals surface area contributed by atoms with Gasteiger partial charge in [0, 0.05) is 0 Å². The third-order valence-electron chi connectivity index (χ3n) is 3.69. The molecule has 5 heteroatoms. The van der Waals surface area contributed by atoms with E-state index in [2.05, 4.69) is 6.92 Å². The first-order valence-electron chi connectivity index (χ1n) is 7.41. The molecule has 1 heterocycles. The number of nitrogens with two attached hydrogens (primary N) is 1. The number of methoxy groups -OCH3 is 2. The summed E-state index contributed by atoms with van der Waals surface area (Å²) in [5, 5.41) is 0. The second-order valence-electron chi connectivity index (χ2n) is 5.33. The fourth-order valence-corrected chi connectivity index (χ4v) is 2.57. The number of hydrogen-bond acceptors (Lipinski definition) is 5. The Morgan fingerprint density at radius 1 is 1.19 bits per heavy atom. The zero-order chi connectivity index (χ0) is 15.2. The lowest BCUT2D eigenvalue weighted by Gasteiger charge is -2.18. The molecule has 0 aromatic heterocycles. The monoisotopic (exact) mass is 295 g/mol. The third-order valence-corrected chi connectivity index (χ3v) is 3.69. The molecule has 0 saturated carbocycles. The Kier molecular flexibility index (Phi) is 5.70. The van der Waals surface area contributed by atoms with Crippen molar-refractivity contribution in [1.29, 1.82) is 0 Å². The van der Waals surface area contributed by atoms with Crippen LogP contribution in [0, 0.1) is 0 Å². The summed E-state index contributed by atoms with van der Waals surface area (Å²) in [6, 6.07) is 3.89. The average Bonchev–Trinajstić information content (AvgIpc) is 2.90. The zero-order valence-corrected chi connectivity index (χ0v) is 13.1. The summed E-state index contributed by atoms with van der Waals surface area (Å²) in [4.78, 5) is 0. The molecule has 0 amide bonds. The summed E-state index contributed by atoms with van der Waals surface area (Å²) in [7, 11) is 3.25. The van der Waals surface area contributed by atoms with E-state index in [9.17, 15) is 0 Å². The van der Waals surface area contributed by atoms with Gasteiger partial charge in [0.1, 0.15) is 6.61 Å². The first kappa shape index (κ1) is 15.9. The van der Waals surface area contributed by atoms with Gasteiger partial charge in [0.2, 0.25) is 5.75 Å². The highest BCUT2D eigenvalue weighted by Crippen LogP contribution is 2.39. The molecule has 0 spiro atoms. The molecule has 2 N–H and O–H groups in total. The Bertz CT molecular complexity index is 439. The largest absolute Gasteiger partial charge is 0.493 e. The smallest absolute Gasteiger partial charge is 0.203 e. The minimum Gasteiger partial charge on any atom is -0.493 e. The minimum absolute atomic E-state index is 0.137. The zero-order valence-electron chi connectivity index (χ0n) is 13.1. The topological polar surface area (TPSA) is 62.9 Å². The van der Waals surface area contributed by atoms with E-state index in [-0.39, 0.29) is 6.10 Å². The Morgan fingerprint density at radius 2 is 1.86 bits per heavy atom. The maximum absolute atomic E-state index is 5.91. The normalized spacial score (nSPS) is 21.3. The van der Waals surface area contributed by atoms with Crippen molar-refractivity contribution in [2.45, 2.75) is 38.4 Å².